The number of halogens is 3. The number of nitrogens with one attached hydrogen (secondary N) is 1. The number of amides is 1. The highest BCUT2D eigenvalue weighted by atomic mass is 79.9. The van der Waals surface area contributed by atoms with Crippen LogP contribution >= 0.6 is 27.5 Å². The fourth-order valence-corrected chi connectivity index (χ4v) is 2.12. The molecule has 0 unspecified atom stereocenters. The maximum atomic E-state index is 13.4. The zero-order chi connectivity index (χ0) is 13.8. The standard InChI is InChI=1S/C14H10BrClFNO/c15-11-6-5-10(16)8-13(11)18-14(19)7-9-3-1-2-4-12(9)17/h1-6,8H,7H2,(H,18,19). The summed E-state index contributed by atoms with van der Waals surface area (Å²) in [6.45, 7) is 0. The molecule has 0 aliphatic heterocycles. The highest BCUT2D eigenvalue weighted by Crippen LogP contribution is 2.26. The van der Waals surface area contributed by atoms with Gasteiger partial charge in [0.2, 0.25) is 5.91 Å². The number of rotatable bonds is 3. The van der Waals surface area contributed by atoms with Crippen LogP contribution in [0.4, 0.5) is 10.1 Å². The molecule has 0 heterocycles. The van der Waals surface area contributed by atoms with Gasteiger partial charge in [0.25, 0.3) is 0 Å². The molecule has 1 N–H and O–H groups in total. The lowest BCUT2D eigenvalue weighted by atomic mass is 10.1. The van der Waals surface area contributed by atoms with Crippen LogP contribution < -0.4 is 5.32 Å². The zero-order valence-corrected chi connectivity index (χ0v) is 12.1. The van der Waals surface area contributed by atoms with E-state index in [4.69, 9.17) is 11.6 Å². The highest BCUT2D eigenvalue weighted by molar-refractivity contribution is 9.10. The van der Waals surface area contributed by atoms with E-state index in [0.29, 0.717) is 16.3 Å². The molecular formula is C14H10BrClFNO. The van der Waals surface area contributed by atoms with Crippen molar-refractivity contribution in [1.29, 1.82) is 0 Å². The van der Waals surface area contributed by atoms with Crippen molar-refractivity contribution < 1.29 is 9.18 Å². The summed E-state index contributed by atoms with van der Waals surface area (Å²) >= 11 is 9.16. The molecular weight excluding hydrogens is 333 g/mol. The van der Waals surface area contributed by atoms with Gasteiger partial charge in [0, 0.05) is 9.50 Å². The Hall–Kier alpha value is -1.39. The van der Waals surface area contributed by atoms with Crippen molar-refractivity contribution in [3.05, 3.63) is 63.3 Å². The Morgan fingerprint density at radius 2 is 2.00 bits per heavy atom. The van der Waals surface area contributed by atoms with Crippen molar-refractivity contribution in [2.24, 2.45) is 0 Å². The fourth-order valence-electron chi connectivity index (χ4n) is 1.60. The minimum Gasteiger partial charge on any atom is -0.325 e. The summed E-state index contributed by atoms with van der Waals surface area (Å²) < 4.78 is 14.1. The van der Waals surface area contributed by atoms with Gasteiger partial charge in [-0.3, -0.25) is 4.79 Å². The Labute approximate surface area is 123 Å². The van der Waals surface area contributed by atoms with E-state index in [1.165, 1.54) is 6.07 Å². The van der Waals surface area contributed by atoms with Crippen LogP contribution in [0.1, 0.15) is 5.56 Å². The van der Waals surface area contributed by atoms with Gasteiger partial charge in [-0.2, -0.15) is 0 Å². The number of anilines is 1. The van der Waals surface area contributed by atoms with Crippen LogP contribution in [0.3, 0.4) is 0 Å². The topological polar surface area (TPSA) is 29.1 Å². The second kappa shape index (κ2) is 6.17. The molecule has 0 atom stereocenters. The first-order valence-electron chi connectivity index (χ1n) is 5.54. The van der Waals surface area contributed by atoms with E-state index >= 15 is 0 Å². The van der Waals surface area contributed by atoms with Gasteiger partial charge >= 0.3 is 0 Å². The molecule has 2 nitrogen and oxygen atoms in total. The number of hydrogen-bond acceptors (Lipinski definition) is 1. The first kappa shape index (κ1) is 14.0. The smallest absolute Gasteiger partial charge is 0.228 e. The lowest BCUT2D eigenvalue weighted by Crippen LogP contribution is -2.15. The predicted molar refractivity (Wildman–Crippen MR) is 77.9 cm³/mol. The molecule has 19 heavy (non-hydrogen) atoms. The van der Waals surface area contributed by atoms with Crippen LogP contribution in [-0.4, -0.2) is 5.91 Å². The Bertz CT molecular complexity index is 618. The average molecular weight is 343 g/mol. The lowest BCUT2D eigenvalue weighted by molar-refractivity contribution is -0.115. The second-order valence-electron chi connectivity index (χ2n) is 3.94. The molecule has 0 radical (unpaired) electrons. The van der Waals surface area contributed by atoms with E-state index in [9.17, 15) is 9.18 Å². The summed E-state index contributed by atoms with van der Waals surface area (Å²) in [6.07, 6.45) is -0.0222. The fraction of sp³-hybridized carbons (Fsp3) is 0.0714. The van der Waals surface area contributed by atoms with Gasteiger partial charge in [-0.05, 0) is 45.8 Å². The Morgan fingerprint density at radius 1 is 1.26 bits per heavy atom. The molecule has 2 aromatic carbocycles. The van der Waals surface area contributed by atoms with Crippen LogP contribution in [0.5, 0.6) is 0 Å². The van der Waals surface area contributed by atoms with Gasteiger partial charge in [-0.1, -0.05) is 29.8 Å². The van der Waals surface area contributed by atoms with E-state index in [1.54, 1.807) is 36.4 Å². The summed E-state index contributed by atoms with van der Waals surface area (Å²) in [5, 5.41) is 3.21. The van der Waals surface area contributed by atoms with Crippen LogP contribution in [0.2, 0.25) is 5.02 Å². The van der Waals surface area contributed by atoms with Crippen LogP contribution in [-0.2, 0) is 11.2 Å². The largest absolute Gasteiger partial charge is 0.325 e. The maximum absolute atomic E-state index is 13.4. The third-order valence-corrected chi connectivity index (χ3v) is 3.44. The molecule has 98 valence electrons. The number of benzene rings is 2. The lowest BCUT2D eigenvalue weighted by Gasteiger charge is -2.08. The van der Waals surface area contributed by atoms with Crippen LogP contribution in [0.15, 0.2) is 46.9 Å². The van der Waals surface area contributed by atoms with E-state index in [-0.39, 0.29) is 18.1 Å². The predicted octanol–water partition coefficient (Wildman–Crippen LogP) is 4.42. The van der Waals surface area contributed by atoms with Gasteiger partial charge in [0.05, 0.1) is 12.1 Å². The number of carbonyl (C=O) groups is 1. The van der Waals surface area contributed by atoms with Crippen molar-refractivity contribution in [3.63, 3.8) is 0 Å². The number of hydrogen-bond donors (Lipinski definition) is 1. The van der Waals surface area contributed by atoms with Crippen molar-refractivity contribution >= 4 is 39.1 Å². The summed E-state index contributed by atoms with van der Waals surface area (Å²) in [5.74, 6) is -0.684. The highest BCUT2D eigenvalue weighted by Gasteiger charge is 2.09. The zero-order valence-electron chi connectivity index (χ0n) is 9.79. The Morgan fingerprint density at radius 3 is 2.74 bits per heavy atom. The summed E-state index contributed by atoms with van der Waals surface area (Å²) in [6, 6.07) is 11.3. The molecule has 0 aromatic heterocycles. The minimum absolute atomic E-state index is 0.0222. The van der Waals surface area contributed by atoms with Crippen molar-refractivity contribution in [1.82, 2.24) is 0 Å². The van der Waals surface area contributed by atoms with E-state index in [1.807, 2.05) is 0 Å². The monoisotopic (exact) mass is 341 g/mol. The van der Waals surface area contributed by atoms with E-state index in [0.717, 1.165) is 4.47 Å². The molecule has 0 spiro atoms. The molecule has 0 bridgehead atoms. The van der Waals surface area contributed by atoms with Gasteiger partial charge in [0.15, 0.2) is 0 Å². The van der Waals surface area contributed by atoms with Crippen LogP contribution in [0, 0.1) is 5.82 Å². The van der Waals surface area contributed by atoms with Gasteiger partial charge in [-0.25, -0.2) is 4.39 Å². The molecule has 2 rings (SSSR count). The molecule has 0 saturated heterocycles. The average Bonchev–Trinajstić information content (AvgIpc) is 2.37. The van der Waals surface area contributed by atoms with Crippen molar-refractivity contribution in [3.8, 4) is 0 Å². The SMILES string of the molecule is O=C(Cc1ccccc1F)Nc1cc(Cl)ccc1Br. The quantitative estimate of drug-likeness (QED) is 0.879. The third kappa shape index (κ3) is 3.78. The molecule has 0 aliphatic carbocycles. The molecule has 0 aliphatic rings. The van der Waals surface area contributed by atoms with Gasteiger partial charge < -0.3 is 5.32 Å². The summed E-state index contributed by atoms with van der Waals surface area (Å²) in [4.78, 5) is 11.9. The Kier molecular flexibility index (Phi) is 4.56. The molecule has 5 heteroatoms. The summed E-state index contributed by atoms with van der Waals surface area (Å²) in [5.41, 5.74) is 0.923. The molecule has 0 fully saturated rings. The molecule has 1 amide bonds. The molecule has 0 saturated carbocycles. The van der Waals surface area contributed by atoms with E-state index in [2.05, 4.69) is 21.2 Å². The van der Waals surface area contributed by atoms with Crippen molar-refractivity contribution in [2.75, 3.05) is 5.32 Å². The number of carbonyl (C=O) groups excluding carboxylic acids is 1. The Balaban J connectivity index is 2.10. The molecule has 2 aromatic rings. The van der Waals surface area contributed by atoms with E-state index < -0.39 is 0 Å². The normalized spacial score (nSPS) is 10.3. The van der Waals surface area contributed by atoms with Gasteiger partial charge in [0.1, 0.15) is 5.82 Å². The first-order valence-corrected chi connectivity index (χ1v) is 6.71. The third-order valence-electron chi connectivity index (χ3n) is 2.51. The van der Waals surface area contributed by atoms with Crippen molar-refractivity contribution in [2.45, 2.75) is 6.42 Å². The van der Waals surface area contributed by atoms with Crippen LogP contribution in [0.25, 0.3) is 0 Å². The van der Waals surface area contributed by atoms with Gasteiger partial charge in [-0.15, -0.1) is 0 Å². The first-order chi connectivity index (χ1) is 9.06. The summed E-state index contributed by atoms with van der Waals surface area (Å²) in [7, 11) is 0. The minimum atomic E-state index is -0.386. The maximum Gasteiger partial charge on any atom is 0.228 e. The second-order valence-corrected chi connectivity index (χ2v) is 5.23.